The summed E-state index contributed by atoms with van der Waals surface area (Å²) in [7, 11) is 0. The summed E-state index contributed by atoms with van der Waals surface area (Å²) in [6, 6.07) is -1.01. The highest BCUT2D eigenvalue weighted by atomic mass is 16.8. The van der Waals surface area contributed by atoms with Gasteiger partial charge in [-0.1, -0.05) is 231 Å². The van der Waals surface area contributed by atoms with E-state index in [1.165, 1.54) is 51.4 Å². The number of amides is 1. The zero-order chi connectivity index (χ0) is 68.9. The first-order valence-electron chi connectivity index (χ1n) is 35.9. The molecular weight excluding hydrogens is 1210 g/mol. The lowest BCUT2D eigenvalue weighted by Crippen LogP contribution is -2.66. The first-order chi connectivity index (χ1) is 46.3. The Hall–Kier alpha value is -4.07. The second kappa shape index (κ2) is 55.8. The molecule has 0 saturated carbocycles. The fraction of sp³-hybridized carbons (Fsp3) is 0.697. The van der Waals surface area contributed by atoms with Gasteiger partial charge in [-0.05, 0) is 103 Å². The van der Waals surface area contributed by atoms with Crippen molar-refractivity contribution in [2.24, 2.45) is 0 Å². The van der Waals surface area contributed by atoms with Gasteiger partial charge in [-0.3, -0.25) is 4.79 Å². The second-order valence-electron chi connectivity index (χ2n) is 25.0. The second-order valence-corrected chi connectivity index (χ2v) is 25.0. The largest absolute Gasteiger partial charge is 0.394 e. The van der Waals surface area contributed by atoms with E-state index in [1.54, 1.807) is 6.08 Å². The van der Waals surface area contributed by atoms with Gasteiger partial charge in [-0.15, -0.1) is 0 Å². The van der Waals surface area contributed by atoms with E-state index in [4.69, 9.17) is 28.4 Å². The Morgan fingerprint density at radius 1 is 0.389 bits per heavy atom. The molecule has 19 nitrogen and oxygen atoms in total. The Morgan fingerprint density at radius 3 is 1.18 bits per heavy atom. The molecule has 3 aliphatic rings. The number of hydrogen-bond donors (Lipinski definition) is 12. The van der Waals surface area contributed by atoms with Gasteiger partial charge in [-0.2, -0.15) is 0 Å². The lowest BCUT2D eigenvalue weighted by Gasteiger charge is -2.48. The molecule has 0 radical (unpaired) electrons. The van der Waals surface area contributed by atoms with Crippen LogP contribution in [0.3, 0.4) is 0 Å². The molecule has 17 unspecified atom stereocenters. The summed E-state index contributed by atoms with van der Waals surface area (Å²) in [5.41, 5.74) is 0. The number of ether oxygens (including phenoxy) is 6. The van der Waals surface area contributed by atoms with Gasteiger partial charge < -0.3 is 89.9 Å². The summed E-state index contributed by atoms with van der Waals surface area (Å²) in [5, 5.41) is 120. The number of allylic oxidation sites excluding steroid dienone is 21. The van der Waals surface area contributed by atoms with Crippen LogP contribution >= 0.6 is 0 Å². The molecule has 19 heteroatoms. The predicted octanol–water partition coefficient (Wildman–Crippen LogP) is 10.2. The molecule has 0 spiro atoms. The molecule has 3 fully saturated rings. The highest BCUT2D eigenvalue weighted by Crippen LogP contribution is 2.33. The molecule has 542 valence electrons. The topological polar surface area (TPSA) is 307 Å². The Bertz CT molecular complexity index is 2240. The van der Waals surface area contributed by atoms with Crippen molar-refractivity contribution in [1.82, 2.24) is 5.32 Å². The normalized spacial score (nSPS) is 28.0. The number of unbranched alkanes of at least 4 members (excludes halogenated alkanes) is 17. The summed E-state index contributed by atoms with van der Waals surface area (Å²) in [4.78, 5) is 13.4. The third kappa shape index (κ3) is 37.1. The van der Waals surface area contributed by atoms with Gasteiger partial charge in [0, 0.05) is 6.42 Å². The van der Waals surface area contributed by atoms with Crippen molar-refractivity contribution in [2.45, 2.75) is 311 Å². The Balaban J connectivity index is 1.39. The number of carbonyl (C=O) groups is 1. The van der Waals surface area contributed by atoms with E-state index < -0.39 is 124 Å². The van der Waals surface area contributed by atoms with Gasteiger partial charge in [-0.25, -0.2) is 0 Å². The minimum Gasteiger partial charge on any atom is -0.394 e. The zero-order valence-corrected chi connectivity index (χ0v) is 57.3. The molecule has 0 aromatic carbocycles. The first-order valence-corrected chi connectivity index (χ1v) is 35.9. The van der Waals surface area contributed by atoms with Gasteiger partial charge in [0.25, 0.3) is 0 Å². The fourth-order valence-electron chi connectivity index (χ4n) is 11.1. The highest BCUT2D eigenvalue weighted by molar-refractivity contribution is 5.76. The lowest BCUT2D eigenvalue weighted by molar-refractivity contribution is -0.379. The van der Waals surface area contributed by atoms with Crippen molar-refractivity contribution in [2.75, 3.05) is 26.4 Å². The van der Waals surface area contributed by atoms with Crippen LogP contribution in [-0.2, 0) is 33.2 Å². The molecule has 3 heterocycles. The minimum absolute atomic E-state index is 0.213. The van der Waals surface area contributed by atoms with E-state index in [9.17, 15) is 61.0 Å². The minimum atomic E-state index is -1.99. The molecule has 3 saturated heterocycles. The van der Waals surface area contributed by atoms with Crippen molar-refractivity contribution in [3.8, 4) is 0 Å². The van der Waals surface area contributed by atoms with Gasteiger partial charge in [0.1, 0.15) is 73.2 Å². The summed E-state index contributed by atoms with van der Waals surface area (Å²) in [6.07, 6.45) is 51.4. The van der Waals surface area contributed by atoms with Crippen LogP contribution in [0.4, 0.5) is 0 Å². The molecule has 0 aliphatic carbocycles. The molecule has 0 aromatic rings. The maximum Gasteiger partial charge on any atom is 0.220 e. The Kier molecular flexibility index (Phi) is 50.0. The lowest BCUT2D eigenvalue weighted by atomic mass is 9.96. The average molecular weight is 1340 g/mol. The summed E-state index contributed by atoms with van der Waals surface area (Å²) >= 11 is 0. The smallest absolute Gasteiger partial charge is 0.220 e. The maximum atomic E-state index is 13.4. The van der Waals surface area contributed by atoms with Gasteiger partial charge in [0.15, 0.2) is 18.9 Å². The van der Waals surface area contributed by atoms with E-state index in [0.29, 0.717) is 12.8 Å². The standard InChI is InChI=1S/C76H125NO18/c1-3-5-7-9-11-13-15-17-19-20-21-22-23-24-25-26-27-28-29-30-31-32-33-34-35-36-37-38-40-42-44-46-48-50-52-54-64(82)77-59(60(81)53-51-49-47-45-43-41-39-18-16-14-12-10-8-6-4-2)58-90-74-70(88)67(85)72(62(56-79)92-74)95-76-71(89)68(86)73(63(57-80)93-76)94-75-69(87)66(84)65(83)61(55-78)91-75/h5,7,11,13,17,19,21-22,24-25,27-28,30-31,33-34,36-37,43,45,51,53,59-63,65-76,78-81,83-89H,3-4,6,8-10,12,14-16,18,20,23,26,29,32,35,38-42,44,46-50,52,54-58H2,1-2H3,(H,77,82)/b7-5-,13-11-,19-17-,22-21-,25-24-,28-27-,31-30-,34-33-,37-36-,45-43+,53-51+. The van der Waals surface area contributed by atoms with Crippen molar-refractivity contribution in [3.63, 3.8) is 0 Å². The monoisotopic (exact) mass is 1340 g/mol. The van der Waals surface area contributed by atoms with Crippen LogP contribution in [0.5, 0.6) is 0 Å². The molecule has 3 aliphatic heterocycles. The van der Waals surface area contributed by atoms with Crippen LogP contribution in [-0.4, -0.2) is 193 Å². The summed E-state index contributed by atoms with van der Waals surface area (Å²) in [6.45, 7) is 1.56. The van der Waals surface area contributed by atoms with Gasteiger partial charge >= 0.3 is 0 Å². The van der Waals surface area contributed by atoms with Crippen LogP contribution in [0, 0.1) is 0 Å². The molecule has 1 amide bonds. The van der Waals surface area contributed by atoms with Crippen molar-refractivity contribution in [3.05, 3.63) is 134 Å². The number of hydrogen-bond acceptors (Lipinski definition) is 18. The quantitative estimate of drug-likeness (QED) is 0.0199. The van der Waals surface area contributed by atoms with Gasteiger partial charge in [0.2, 0.25) is 5.91 Å². The zero-order valence-electron chi connectivity index (χ0n) is 57.3. The molecule has 0 aromatic heterocycles. The Labute approximate surface area is 569 Å². The van der Waals surface area contributed by atoms with Crippen molar-refractivity contribution < 1.29 is 89.4 Å². The van der Waals surface area contributed by atoms with Crippen LogP contribution in [0.1, 0.15) is 206 Å². The van der Waals surface area contributed by atoms with Crippen LogP contribution < -0.4 is 5.32 Å². The van der Waals surface area contributed by atoms with Crippen LogP contribution in [0.25, 0.3) is 0 Å². The van der Waals surface area contributed by atoms with E-state index in [1.807, 2.05) is 6.08 Å². The molecule has 3 rings (SSSR count). The van der Waals surface area contributed by atoms with Crippen LogP contribution in [0.2, 0.25) is 0 Å². The fourth-order valence-corrected chi connectivity index (χ4v) is 11.1. The number of aliphatic hydroxyl groups is 11. The van der Waals surface area contributed by atoms with Crippen molar-refractivity contribution in [1.29, 1.82) is 0 Å². The highest BCUT2D eigenvalue weighted by Gasteiger charge is 2.53. The molecular formula is C76H125NO18. The van der Waals surface area contributed by atoms with E-state index in [2.05, 4.69) is 141 Å². The molecule has 12 N–H and O–H groups in total. The molecule has 0 bridgehead atoms. The summed E-state index contributed by atoms with van der Waals surface area (Å²) in [5.74, 6) is -0.303. The number of aliphatic hydroxyl groups excluding tert-OH is 11. The third-order valence-electron chi connectivity index (χ3n) is 16.9. The molecule has 95 heavy (non-hydrogen) atoms. The SMILES string of the molecule is CC/C=C\C/C=C\C/C=C\C/C=C\C/C=C\C/C=C\C/C=C\C/C=C\C/C=C\CCCCCCCCCC(=O)NC(COC1OC(CO)C(OC2OC(CO)C(OC3OC(CO)C(O)C(O)C3O)C(O)C2O)C(O)C1O)C(O)/C=C/CC/C=C/CCCCCCCCCCC. The van der Waals surface area contributed by atoms with E-state index in [0.717, 1.165) is 122 Å². The average Bonchev–Trinajstić information content (AvgIpc) is 0.799. The predicted molar refractivity (Wildman–Crippen MR) is 373 cm³/mol. The van der Waals surface area contributed by atoms with Crippen molar-refractivity contribution >= 4 is 5.91 Å². The number of carbonyl (C=O) groups excluding carboxylic acids is 1. The van der Waals surface area contributed by atoms with E-state index >= 15 is 0 Å². The van der Waals surface area contributed by atoms with Crippen LogP contribution in [0.15, 0.2) is 134 Å². The summed E-state index contributed by atoms with van der Waals surface area (Å²) < 4.78 is 34.3. The number of nitrogens with one attached hydrogen (secondary N) is 1. The third-order valence-corrected chi connectivity index (χ3v) is 16.9. The first kappa shape index (κ1) is 85.2. The van der Waals surface area contributed by atoms with Gasteiger partial charge in [0.05, 0.1) is 38.6 Å². The number of rotatable bonds is 53. The van der Waals surface area contributed by atoms with E-state index in [-0.39, 0.29) is 18.9 Å². The maximum absolute atomic E-state index is 13.4. The molecule has 17 atom stereocenters. The Morgan fingerprint density at radius 2 is 0.737 bits per heavy atom.